The Kier molecular flexibility index (Phi) is 4.47. The average Bonchev–Trinajstić information content (AvgIpc) is 2.29. The number of nitrogen functional groups attached to an aromatic ring is 1. The van der Waals surface area contributed by atoms with Crippen LogP contribution in [-0.2, 0) is 16.0 Å². The topological polar surface area (TPSA) is 113 Å². The molecule has 0 aliphatic rings. The van der Waals surface area contributed by atoms with E-state index < -0.39 is 12.1 Å². The average molecular weight is 238 g/mol. The fourth-order valence-electron chi connectivity index (χ4n) is 1.18. The molecule has 0 heterocycles. The Hall–Kier alpha value is -2.08. The van der Waals surface area contributed by atoms with E-state index in [1.165, 1.54) is 0 Å². The van der Waals surface area contributed by atoms with Gasteiger partial charge >= 0.3 is 5.97 Å². The van der Waals surface area contributed by atoms with Gasteiger partial charge in [-0.05, 0) is 17.7 Å². The molecular weight excluding hydrogens is 224 g/mol. The van der Waals surface area contributed by atoms with Crippen molar-refractivity contribution in [1.29, 1.82) is 0 Å². The molecule has 0 spiro atoms. The second-order valence-corrected chi connectivity index (χ2v) is 3.58. The highest BCUT2D eigenvalue weighted by molar-refractivity contribution is 5.80. The Labute approximate surface area is 98.1 Å². The molecule has 17 heavy (non-hydrogen) atoms. The van der Waals surface area contributed by atoms with Crippen LogP contribution in [0.1, 0.15) is 5.56 Å². The second kappa shape index (κ2) is 5.86. The van der Waals surface area contributed by atoms with Gasteiger partial charge in [0, 0.05) is 5.69 Å². The first-order valence-corrected chi connectivity index (χ1v) is 5.01. The third-order valence-electron chi connectivity index (χ3n) is 2.12. The van der Waals surface area contributed by atoms with Crippen LogP contribution in [0.3, 0.4) is 0 Å². The standard InChI is InChI=1S/C11H14N2O4/c12-8-3-1-7(2-4-8)5-10(15)13-6-9(14)11(16)17/h1-4,9,14H,5-6,12H2,(H,13,15)(H,16,17)/t9-/m0/s1. The molecule has 0 fully saturated rings. The highest BCUT2D eigenvalue weighted by atomic mass is 16.4. The molecule has 1 aromatic rings. The number of aliphatic carboxylic acids is 1. The Morgan fingerprint density at radius 1 is 1.29 bits per heavy atom. The zero-order chi connectivity index (χ0) is 12.8. The Morgan fingerprint density at radius 2 is 1.88 bits per heavy atom. The molecule has 5 N–H and O–H groups in total. The maximum atomic E-state index is 11.4. The molecule has 0 saturated carbocycles. The largest absolute Gasteiger partial charge is 0.479 e. The van der Waals surface area contributed by atoms with Gasteiger partial charge in [-0.1, -0.05) is 12.1 Å². The molecule has 1 amide bonds. The van der Waals surface area contributed by atoms with Crippen molar-refractivity contribution in [2.75, 3.05) is 12.3 Å². The fraction of sp³-hybridized carbons (Fsp3) is 0.273. The van der Waals surface area contributed by atoms with E-state index in [2.05, 4.69) is 5.32 Å². The Balaban J connectivity index is 2.39. The van der Waals surface area contributed by atoms with E-state index in [4.69, 9.17) is 15.9 Å². The van der Waals surface area contributed by atoms with E-state index in [0.717, 1.165) is 5.56 Å². The number of hydrogen-bond donors (Lipinski definition) is 4. The van der Waals surface area contributed by atoms with Gasteiger partial charge in [0.05, 0.1) is 13.0 Å². The molecule has 6 heteroatoms. The SMILES string of the molecule is Nc1ccc(CC(=O)NC[C@H](O)C(=O)O)cc1. The number of hydrogen-bond acceptors (Lipinski definition) is 4. The lowest BCUT2D eigenvalue weighted by molar-refractivity contribution is -0.146. The van der Waals surface area contributed by atoms with Crippen molar-refractivity contribution in [2.24, 2.45) is 0 Å². The predicted octanol–water partition coefficient (Wildman–Crippen LogP) is -0.627. The number of amides is 1. The van der Waals surface area contributed by atoms with Crippen LogP contribution < -0.4 is 11.1 Å². The summed E-state index contributed by atoms with van der Waals surface area (Å²) in [5.74, 6) is -1.71. The van der Waals surface area contributed by atoms with Crippen molar-refractivity contribution < 1.29 is 19.8 Å². The van der Waals surface area contributed by atoms with Crippen LogP contribution in [-0.4, -0.2) is 34.7 Å². The predicted molar refractivity (Wildman–Crippen MR) is 61.2 cm³/mol. The number of benzene rings is 1. The van der Waals surface area contributed by atoms with Gasteiger partial charge in [0.25, 0.3) is 0 Å². The molecule has 6 nitrogen and oxygen atoms in total. The summed E-state index contributed by atoms with van der Waals surface area (Å²) in [6.45, 7) is -0.302. The number of aliphatic hydroxyl groups is 1. The normalized spacial score (nSPS) is 11.8. The first kappa shape index (κ1) is 13.0. The smallest absolute Gasteiger partial charge is 0.334 e. The second-order valence-electron chi connectivity index (χ2n) is 3.58. The van der Waals surface area contributed by atoms with Crippen molar-refractivity contribution in [3.63, 3.8) is 0 Å². The van der Waals surface area contributed by atoms with Crippen LogP contribution in [0.5, 0.6) is 0 Å². The molecule has 1 rings (SSSR count). The monoisotopic (exact) mass is 238 g/mol. The maximum absolute atomic E-state index is 11.4. The molecule has 1 aromatic carbocycles. The van der Waals surface area contributed by atoms with Crippen LogP contribution in [0.25, 0.3) is 0 Å². The van der Waals surface area contributed by atoms with E-state index in [0.29, 0.717) is 5.69 Å². The number of carboxylic acids is 1. The molecule has 0 radical (unpaired) electrons. The summed E-state index contributed by atoms with van der Waals surface area (Å²) < 4.78 is 0. The molecule has 0 saturated heterocycles. The fourth-order valence-corrected chi connectivity index (χ4v) is 1.18. The minimum atomic E-state index is -1.58. The third kappa shape index (κ3) is 4.52. The van der Waals surface area contributed by atoms with Gasteiger partial charge in [-0.15, -0.1) is 0 Å². The van der Waals surface area contributed by atoms with Gasteiger partial charge in [0.1, 0.15) is 0 Å². The van der Waals surface area contributed by atoms with Crippen LogP contribution >= 0.6 is 0 Å². The van der Waals surface area contributed by atoms with Crippen molar-refractivity contribution in [1.82, 2.24) is 5.32 Å². The van der Waals surface area contributed by atoms with Gasteiger partial charge in [0.15, 0.2) is 6.10 Å². The summed E-state index contributed by atoms with van der Waals surface area (Å²) in [6, 6.07) is 6.77. The number of nitrogens with two attached hydrogens (primary N) is 1. The first-order valence-electron chi connectivity index (χ1n) is 5.01. The highest BCUT2D eigenvalue weighted by Crippen LogP contribution is 2.05. The van der Waals surface area contributed by atoms with Gasteiger partial charge < -0.3 is 21.3 Å². The molecule has 0 aliphatic heterocycles. The summed E-state index contributed by atoms with van der Waals surface area (Å²) in [7, 11) is 0. The van der Waals surface area contributed by atoms with E-state index in [9.17, 15) is 9.59 Å². The van der Waals surface area contributed by atoms with Crippen molar-refractivity contribution >= 4 is 17.6 Å². The number of carboxylic acid groups (broad SMARTS) is 1. The lowest BCUT2D eigenvalue weighted by Crippen LogP contribution is -2.37. The van der Waals surface area contributed by atoms with E-state index in [1.54, 1.807) is 24.3 Å². The lowest BCUT2D eigenvalue weighted by Gasteiger charge is -2.07. The van der Waals surface area contributed by atoms with Gasteiger partial charge in [-0.3, -0.25) is 4.79 Å². The first-order chi connectivity index (χ1) is 7.99. The van der Waals surface area contributed by atoms with Gasteiger partial charge in [-0.25, -0.2) is 4.79 Å². The van der Waals surface area contributed by atoms with E-state index in [1.807, 2.05) is 0 Å². The quantitative estimate of drug-likeness (QED) is 0.510. The molecule has 0 aromatic heterocycles. The van der Waals surface area contributed by atoms with Crippen LogP contribution in [0.2, 0.25) is 0 Å². The van der Waals surface area contributed by atoms with E-state index in [-0.39, 0.29) is 18.9 Å². The number of carbonyl (C=O) groups excluding carboxylic acids is 1. The van der Waals surface area contributed by atoms with Crippen molar-refractivity contribution in [3.05, 3.63) is 29.8 Å². The number of nitrogens with one attached hydrogen (secondary N) is 1. The minimum absolute atomic E-state index is 0.118. The lowest BCUT2D eigenvalue weighted by atomic mass is 10.1. The van der Waals surface area contributed by atoms with Crippen LogP contribution in [0, 0.1) is 0 Å². The zero-order valence-corrected chi connectivity index (χ0v) is 9.09. The summed E-state index contributed by atoms with van der Waals surface area (Å²) in [4.78, 5) is 21.7. The maximum Gasteiger partial charge on any atom is 0.334 e. The zero-order valence-electron chi connectivity index (χ0n) is 9.09. The van der Waals surface area contributed by atoms with Gasteiger partial charge in [0.2, 0.25) is 5.91 Å². The van der Waals surface area contributed by atoms with Gasteiger partial charge in [-0.2, -0.15) is 0 Å². The number of carbonyl (C=O) groups is 2. The molecule has 1 atom stereocenters. The molecule has 92 valence electrons. The van der Waals surface area contributed by atoms with Crippen molar-refractivity contribution in [2.45, 2.75) is 12.5 Å². The highest BCUT2D eigenvalue weighted by Gasteiger charge is 2.13. The van der Waals surface area contributed by atoms with Crippen LogP contribution in [0.15, 0.2) is 24.3 Å². The summed E-state index contributed by atoms with van der Waals surface area (Å²) in [5.41, 5.74) is 6.86. The number of anilines is 1. The third-order valence-corrected chi connectivity index (χ3v) is 2.12. The molecule has 0 unspecified atom stereocenters. The number of rotatable bonds is 5. The Morgan fingerprint density at radius 3 is 2.41 bits per heavy atom. The summed E-state index contributed by atoms with van der Waals surface area (Å²) >= 11 is 0. The molecule has 0 bridgehead atoms. The van der Waals surface area contributed by atoms with E-state index >= 15 is 0 Å². The van der Waals surface area contributed by atoms with Crippen LogP contribution in [0.4, 0.5) is 5.69 Å². The molecule has 0 aliphatic carbocycles. The number of aliphatic hydroxyl groups excluding tert-OH is 1. The molecular formula is C11H14N2O4. The Bertz CT molecular complexity index is 402. The minimum Gasteiger partial charge on any atom is -0.479 e. The summed E-state index contributed by atoms with van der Waals surface area (Å²) in [5, 5.41) is 19.7. The summed E-state index contributed by atoms with van der Waals surface area (Å²) in [6.07, 6.45) is -1.46. The van der Waals surface area contributed by atoms with Crippen molar-refractivity contribution in [3.8, 4) is 0 Å².